The number of anilines is 1. The van der Waals surface area contributed by atoms with Crippen LogP contribution < -0.4 is 9.46 Å². The van der Waals surface area contributed by atoms with Crippen LogP contribution in [0.3, 0.4) is 0 Å². The van der Waals surface area contributed by atoms with Gasteiger partial charge in [-0.1, -0.05) is 30.7 Å². The Labute approximate surface area is 133 Å². The lowest BCUT2D eigenvalue weighted by atomic mass is 10.3. The van der Waals surface area contributed by atoms with Gasteiger partial charge < -0.3 is 4.74 Å². The maximum atomic E-state index is 13.2. The van der Waals surface area contributed by atoms with E-state index in [1.54, 1.807) is 24.3 Å². The molecule has 7 heteroatoms. The van der Waals surface area contributed by atoms with E-state index in [2.05, 4.69) is 4.72 Å². The van der Waals surface area contributed by atoms with Gasteiger partial charge in [0.05, 0.1) is 22.2 Å². The van der Waals surface area contributed by atoms with Gasteiger partial charge in [-0.2, -0.15) is 0 Å². The van der Waals surface area contributed by atoms with Gasteiger partial charge in [0.2, 0.25) is 0 Å². The number of nitrogens with one attached hydrogen (secondary N) is 1. The molecule has 1 N–H and O–H groups in total. The van der Waals surface area contributed by atoms with Crippen molar-refractivity contribution in [2.24, 2.45) is 0 Å². The van der Waals surface area contributed by atoms with Gasteiger partial charge in [0.15, 0.2) is 0 Å². The summed E-state index contributed by atoms with van der Waals surface area (Å²) in [6, 6.07) is 9.93. The maximum Gasteiger partial charge on any atom is 0.262 e. The molecule has 0 spiro atoms. The van der Waals surface area contributed by atoms with Crippen LogP contribution in [0.2, 0.25) is 5.02 Å². The number of para-hydroxylation sites is 2. The number of ether oxygens (including phenoxy) is 1. The van der Waals surface area contributed by atoms with Crippen LogP contribution in [-0.2, 0) is 10.0 Å². The van der Waals surface area contributed by atoms with Crippen molar-refractivity contribution in [2.75, 3.05) is 11.3 Å². The number of hydrogen-bond acceptors (Lipinski definition) is 3. The van der Waals surface area contributed by atoms with E-state index >= 15 is 0 Å². The highest BCUT2D eigenvalue weighted by Gasteiger charge is 2.18. The average Bonchev–Trinajstić information content (AvgIpc) is 2.48. The van der Waals surface area contributed by atoms with Crippen LogP contribution in [-0.4, -0.2) is 15.0 Å². The molecule has 2 rings (SSSR count). The first-order valence-electron chi connectivity index (χ1n) is 6.63. The van der Waals surface area contributed by atoms with Crippen LogP contribution in [0.1, 0.15) is 13.3 Å². The second kappa shape index (κ2) is 6.98. The fourth-order valence-corrected chi connectivity index (χ4v) is 3.08. The van der Waals surface area contributed by atoms with Gasteiger partial charge in [-0.05, 0) is 36.8 Å². The minimum atomic E-state index is -3.88. The van der Waals surface area contributed by atoms with Gasteiger partial charge in [0.1, 0.15) is 11.6 Å². The number of benzene rings is 2. The number of rotatable bonds is 6. The van der Waals surface area contributed by atoms with E-state index in [-0.39, 0.29) is 9.92 Å². The molecule has 22 heavy (non-hydrogen) atoms. The van der Waals surface area contributed by atoms with Crippen molar-refractivity contribution in [3.63, 3.8) is 0 Å². The molecule has 0 unspecified atom stereocenters. The molecule has 0 aliphatic heterocycles. The molecule has 0 aliphatic rings. The molecule has 0 saturated carbocycles. The number of sulfonamides is 1. The summed E-state index contributed by atoms with van der Waals surface area (Å²) in [6.45, 7) is 2.43. The lowest BCUT2D eigenvalue weighted by Crippen LogP contribution is -2.14. The summed E-state index contributed by atoms with van der Waals surface area (Å²) in [5.41, 5.74) is 0.316. The van der Waals surface area contributed by atoms with Crippen molar-refractivity contribution >= 4 is 27.3 Å². The summed E-state index contributed by atoms with van der Waals surface area (Å²) >= 11 is 5.63. The molecule has 118 valence electrons. The van der Waals surface area contributed by atoms with E-state index in [1.165, 1.54) is 0 Å². The van der Waals surface area contributed by atoms with Gasteiger partial charge in [-0.3, -0.25) is 4.72 Å². The zero-order valence-electron chi connectivity index (χ0n) is 11.8. The Morgan fingerprint density at radius 2 is 1.95 bits per heavy atom. The van der Waals surface area contributed by atoms with Crippen LogP contribution in [0.15, 0.2) is 47.4 Å². The summed E-state index contributed by atoms with van der Waals surface area (Å²) in [6.07, 6.45) is 0.800. The summed E-state index contributed by atoms with van der Waals surface area (Å²) in [5, 5.41) is -0.251. The fourth-order valence-electron chi connectivity index (χ4n) is 1.74. The largest absolute Gasteiger partial charge is 0.491 e. The minimum absolute atomic E-state index is 0.121. The topological polar surface area (TPSA) is 55.4 Å². The molecular formula is C15H15ClFNO3S. The van der Waals surface area contributed by atoms with Crippen molar-refractivity contribution in [1.82, 2.24) is 0 Å². The smallest absolute Gasteiger partial charge is 0.262 e. The summed E-state index contributed by atoms with van der Waals surface area (Å²) in [4.78, 5) is -0.121. The van der Waals surface area contributed by atoms with Gasteiger partial charge in [-0.25, -0.2) is 12.8 Å². The second-order valence-corrected chi connectivity index (χ2v) is 6.62. The van der Waals surface area contributed by atoms with Crippen molar-refractivity contribution < 1.29 is 17.5 Å². The second-order valence-electron chi connectivity index (χ2n) is 4.53. The standard InChI is InChI=1S/C15H15ClFNO3S/c1-2-9-21-15-6-4-3-5-14(15)18-22(19,20)11-7-8-13(17)12(16)10-11/h3-8,10,18H,2,9H2,1H3. The van der Waals surface area contributed by atoms with Gasteiger partial charge in [0, 0.05) is 0 Å². The molecule has 0 atom stereocenters. The Hall–Kier alpha value is -1.79. The SMILES string of the molecule is CCCOc1ccccc1NS(=O)(=O)c1ccc(F)c(Cl)c1. The molecule has 0 saturated heterocycles. The van der Waals surface area contributed by atoms with E-state index in [4.69, 9.17) is 16.3 Å². The first-order chi connectivity index (χ1) is 10.4. The summed E-state index contributed by atoms with van der Waals surface area (Å²) in [7, 11) is -3.88. The quantitative estimate of drug-likeness (QED) is 0.860. The first-order valence-corrected chi connectivity index (χ1v) is 8.50. The molecule has 4 nitrogen and oxygen atoms in total. The third kappa shape index (κ3) is 3.90. The predicted octanol–water partition coefficient (Wildman–Crippen LogP) is 4.07. The molecule has 0 fully saturated rings. The predicted molar refractivity (Wildman–Crippen MR) is 84.4 cm³/mol. The molecule has 0 heterocycles. The van der Waals surface area contributed by atoms with Crippen LogP contribution >= 0.6 is 11.6 Å². The molecule has 2 aromatic rings. The van der Waals surface area contributed by atoms with E-state index < -0.39 is 15.8 Å². The van der Waals surface area contributed by atoms with Crippen LogP contribution in [0.5, 0.6) is 5.75 Å². The van der Waals surface area contributed by atoms with Gasteiger partial charge in [-0.15, -0.1) is 0 Å². The third-order valence-electron chi connectivity index (χ3n) is 2.79. The lowest BCUT2D eigenvalue weighted by Gasteiger charge is -2.13. The molecule has 0 amide bonds. The summed E-state index contributed by atoms with van der Waals surface area (Å²) in [5.74, 6) is -0.242. The molecule has 0 aromatic heterocycles. The van der Waals surface area contributed by atoms with Crippen LogP contribution in [0.25, 0.3) is 0 Å². The minimum Gasteiger partial charge on any atom is -0.491 e. The number of hydrogen-bond donors (Lipinski definition) is 1. The molecule has 2 aromatic carbocycles. The molecule has 0 radical (unpaired) electrons. The van der Waals surface area contributed by atoms with E-state index in [1.807, 2.05) is 6.92 Å². The van der Waals surface area contributed by atoms with Crippen molar-refractivity contribution in [3.8, 4) is 5.75 Å². The van der Waals surface area contributed by atoms with E-state index in [9.17, 15) is 12.8 Å². The normalized spacial score (nSPS) is 11.2. The Kier molecular flexibility index (Phi) is 5.26. The molecule has 0 aliphatic carbocycles. The maximum absolute atomic E-state index is 13.2. The third-order valence-corrected chi connectivity index (χ3v) is 4.45. The Balaban J connectivity index is 2.30. The summed E-state index contributed by atoms with van der Waals surface area (Å²) < 4.78 is 45.8. The highest BCUT2D eigenvalue weighted by atomic mass is 35.5. The highest BCUT2D eigenvalue weighted by molar-refractivity contribution is 7.92. The van der Waals surface area contributed by atoms with E-state index in [0.29, 0.717) is 18.0 Å². The monoisotopic (exact) mass is 343 g/mol. The fraction of sp³-hybridized carbons (Fsp3) is 0.200. The average molecular weight is 344 g/mol. The van der Waals surface area contributed by atoms with E-state index in [0.717, 1.165) is 24.6 Å². The molecule has 0 bridgehead atoms. The van der Waals surface area contributed by atoms with Crippen LogP contribution in [0, 0.1) is 5.82 Å². The lowest BCUT2D eigenvalue weighted by molar-refractivity contribution is 0.319. The van der Waals surface area contributed by atoms with Gasteiger partial charge >= 0.3 is 0 Å². The highest BCUT2D eigenvalue weighted by Crippen LogP contribution is 2.27. The zero-order chi connectivity index (χ0) is 16.2. The van der Waals surface area contributed by atoms with Gasteiger partial charge in [0.25, 0.3) is 10.0 Å². The van der Waals surface area contributed by atoms with Crippen LogP contribution in [0.4, 0.5) is 10.1 Å². The Bertz CT molecular complexity index is 765. The first kappa shape index (κ1) is 16.6. The van der Waals surface area contributed by atoms with Crippen molar-refractivity contribution in [2.45, 2.75) is 18.2 Å². The van der Waals surface area contributed by atoms with Crippen molar-refractivity contribution in [3.05, 3.63) is 53.3 Å². The van der Waals surface area contributed by atoms with Crippen molar-refractivity contribution in [1.29, 1.82) is 0 Å². The zero-order valence-corrected chi connectivity index (χ0v) is 13.4. The Morgan fingerprint density at radius 3 is 2.64 bits per heavy atom. The Morgan fingerprint density at radius 1 is 1.23 bits per heavy atom. The molecular weight excluding hydrogens is 329 g/mol. The number of halogens is 2.